The molecule has 3 rings (SSSR count). The van der Waals surface area contributed by atoms with Crippen molar-refractivity contribution in [3.63, 3.8) is 0 Å². The number of hydrogen-bond donors (Lipinski definition) is 2. The highest BCUT2D eigenvalue weighted by atomic mass is 35.5. The maximum Gasteiger partial charge on any atom is 0.387 e. The Balaban J connectivity index is 2.03. The van der Waals surface area contributed by atoms with E-state index in [4.69, 9.17) is 16.7 Å². The zero-order chi connectivity index (χ0) is 18.8. The predicted molar refractivity (Wildman–Crippen MR) is 91.2 cm³/mol. The van der Waals surface area contributed by atoms with Crippen LogP contribution in [0.1, 0.15) is 21.6 Å². The van der Waals surface area contributed by atoms with Crippen LogP contribution in [-0.2, 0) is 11.2 Å². The lowest BCUT2D eigenvalue weighted by molar-refractivity contribution is -0.136. The molecule has 1 aromatic heterocycles. The minimum atomic E-state index is -2.96. The molecule has 0 aliphatic rings. The lowest BCUT2D eigenvalue weighted by atomic mass is 10.0. The Kier molecular flexibility index (Phi) is 4.90. The summed E-state index contributed by atoms with van der Waals surface area (Å²) in [6.45, 7) is -2.96. The van der Waals surface area contributed by atoms with Crippen molar-refractivity contribution >= 4 is 34.3 Å². The molecule has 0 saturated carbocycles. The summed E-state index contributed by atoms with van der Waals surface area (Å²) in [4.78, 5) is 26.9. The standard InChI is InChI=1S/C18H12ClF2NO4/c19-10-3-6-12-13(8-15(23)24)16(22-14(12)7-10)17(25)9-1-4-11(5-2-9)26-18(20)21/h1-7,18,22H,8H2,(H,23,24). The molecule has 134 valence electrons. The van der Waals surface area contributed by atoms with Gasteiger partial charge < -0.3 is 14.8 Å². The van der Waals surface area contributed by atoms with Gasteiger partial charge >= 0.3 is 12.6 Å². The van der Waals surface area contributed by atoms with Crippen LogP contribution in [0.5, 0.6) is 5.75 Å². The quantitative estimate of drug-likeness (QED) is 0.626. The molecule has 0 bridgehead atoms. The van der Waals surface area contributed by atoms with Crippen molar-refractivity contribution in [2.75, 3.05) is 0 Å². The molecule has 2 N–H and O–H groups in total. The van der Waals surface area contributed by atoms with Gasteiger partial charge in [-0.3, -0.25) is 9.59 Å². The average molecular weight is 380 g/mol. The molecule has 3 aromatic rings. The molecular formula is C18H12ClF2NO4. The normalized spacial score (nSPS) is 11.1. The first-order valence-electron chi connectivity index (χ1n) is 7.46. The Morgan fingerprint density at radius 2 is 1.85 bits per heavy atom. The van der Waals surface area contributed by atoms with Crippen LogP contribution in [0.2, 0.25) is 5.02 Å². The molecule has 1 heterocycles. The highest BCUT2D eigenvalue weighted by Gasteiger charge is 2.21. The third-order valence-corrected chi connectivity index (χ3v) is 4.00. The number of carboxylic acid groups (broad SMARTS) is 1. The number of carbonyl (C=O) groups is 2. The molecule has 0 radical (unpaired) electrons. The van der Waals surface area contributed by atoms with Gasteiger partial charge in [0.05, 0.1) is 12.1 Å². The van der Waals surface area contributed by atoms with E-state index in [0.717, 1.165) is 0 Å². The molecule has 0 saturated heterocycles. The Labute approximate surface area is 151 Å². The largest absolute Gasteiger partial charge is 0.481 e. The summed E-state index contributed by atoms with van der Waals surface area (Å²) in [6.07, 6.45) is -0.352. The zero-order valence-electron chi connectivity index (χ0n) is 13.1. The van der Waals surface area contributed by atoms with E-state index in [1.807, 2.05) is 0 Å². The van der Waals surface area contributed by atoms with Gasteiger partial charge in [-0.15, -0.1) is 0 Å². The second-order valence-electron chi connectivity index (χ2n) is 5.47. The number of fused-ring (bicyclic) bond motifs is 1. The second-order valence-corrected chi connectivity index (χ2v) is 5.91. The van der Waals surface area contributed by atoms with Crippen molar-refractivity contribution in [1.29, 1.82) is 0 Å². The van der Waals surface area contributed by atoms with Crippen molar-refractivity contribution in [2.45, 2.75) is 13.0 Å². The number of ether oxygens (including phenoxy) is 1. The van der Waals surface area contributed by atoms with Gasteiger partial charge in [0.15, 0.2) is 0 Å². The number of nitrogens with one attached hydrogen (secondary N) is 1. The van der Waals surface area contributed by atoms with E-state index in [1.165, 1.54) is 24.3 Å². The number of alkyl halides is 2. The summed E-state index contributed by atoms with van der Waals surface area (Å²) >= 11 is 5.95. The fraction of sp³-hybridized carbons (Fsp3) is 0.111. The van der Waals surface area contributed by atoms with Crippen LogP contribution in [0.4, 0.5) is 8.78 Å². The van der Waals surface area contributed by atoms with E-state index in [1.54, 1.807) is 18.2 Å². The molecule has 0 spiro atoms. The number of halogens is 3. The molecule has 0 amide bonds. The Bertz CT molecular complexity index is 983. The summed E-state index contributed by atoms with van der Waals surface area (Å²) in [6, 6.07) is 10.0. The molecule has 0 unspecified atom stereocenters. The number of carboxylic acids is 1. The highest BCUT2D eigenvalue weighted by Crippen LogP contribution is 2.28. The van der Waals surface area contributed by atoms with Gasteiger partial charge in [0.25, 0.3) is 0 Å². The molecule has 2 aromatic carbocycles. The molecule has 0 aliphatic heterocycles. The third-order valence-electron chi connectivity index (χ3n) is 3.76. The van der Waals surface area contributed by atoms with Gasteiger partial charge in [-0.1, -0.05) is 17.7 Å². The van der Waals surface area contributed by atoms with E-state index in [2.05, 4.69) is 9.72 Å². The molecule has 0 aliphatic carbocycles. The topological polar surface area (TPSA) is 79.4 Å². The summed E-state index contributed by atoms with van der Waals surface area (Å²) in [5.41, 5.74) is 1.19. The van der Waals surface area contributed by atoms with Crippen LogP contribution >= 0.6 is 11.6 Å². The van der Waals surface area contributed by atoms with Crippen LogP contribution in [0.15, 0.2) is 42.5 Å². The summed E-state index contributed by atoms with van der Waals surface area (Å²) in [5, 5.41) is 10.2. The number of rotatable bonds is 6. The monoisotopic (exact) mass is 379 g/mol. The number of aromatic amines is 1. The van der Waals surface area contributed by atoms with Crippen LogP contribution in [-0.4, -0.2) is 28.5 Å². The number of ketones is 1. The van der Waals surface area contributed by atoms with Gasteiger partial charge in [-0.25, -0.2) is 0 Å². The molecule has 8 heteroatoms. The molecule has 26 heavy (non-hydrogen) atoms. The van der Waals surface area contributed by atoms with E-state index >= 15 is 0 Å². The smallest absolute Gasteiger partial charge is 0.387 e. The summed E-state index contributed by atoms with van der Waals surface area (Å²) in [5.74, 6) is -1.63. The van der Waals surface area contributed by atoms with Crippen molar-refractivity contribution in [3.05, 3.63) is 64.3 Å². The molecular weight excluding hydrogens is 368 g/mol. The lowest BCUT2D eigenvalue weighted by Gasteiger charge is -2.06. The van der Waals surface area contributed by atoms with Gasteiger partial charge in [-0.05, 0) is 36.4 Å². The fourth-order valence-electron chi connectivity index (χ4n) is 2.69. The van der Waals surface area contributed by atoms with Crippen molar-refractivity contribution in [1.82, 2.24) is 4.98 Å². The first kappa shape index (κ1) is 17.9. The molecule has 5 nitrogen and oxygen atoms in total. The van der Waals surface area contributed by atoms with Crippen LogP contribution in [0.25, 0.3) is 10.9 Å². The van der Waals surface area contributed by atoms with E-state index in [-0.39, 0.29) is 23.4 Å². The first-order chi connectivity index (χ1) is 12.3. The number of H-pyrrole nitrogens is 1. The van der Waals surface area contributed by atoms with Crippen molar-refractivity contribution in [3.8, 4) is 5.75 Å². The highest BCUT2D eigenvalue weighted by molar-refractivity contribution is 6.31. The number of carbonyl (C=O) groups excluding carboxylic acids is 1. The summed E-state index contributed by atoms with van der Waals surface area (Å²) in [7, 11) is 0. The fourth-order valence-corrected chi connectivity index (χ4v) is 2.86. The predicted octanol–water partition coefficient (Wildman–Crippen LogP) is 4.28. The molecule has 0 fully saturated rings. The van der Waals surface area contributed by atoms with Crippen LogP contribution in [0, 0.1) is 0 Å². The summed E-state index contributed by atoms with van der Waals surface area (Å²) < 4.78 is 28.7. The Morgan fingerprint density at radius 1 is 1.15 bits per heavy atom. The number of benzene rings is 2. The number of hydrogen-bond acceptors (Lipinski definition) is 3. The first-order valence-corrected chi connectivity index (χ1v) is 7.84. The minimum absolute atomic E-state index is 0.0780. The van der Waals surface area contributed by atoms with Gasteiger partial charge in [0.1, 0.15) is 5.75 Å². The van der Waals surface area contributed by atoms with Crippen molar-refractivity contribution < 1.29 is 28.2 Å². The zero-order valence-corrected chi connectivity index (χ0v) is 13.9. The van der Waals surface area contributed by atoms with Crippen LogP contribution in [0.3, 0.4) is 0 Å². The number of aliphatic carboxylic acids is 1. The maximum atomic E-state index is 12.8. The SMILES string of the molecule is O=C(O)Cc1c(C(=O)c2ccc(OC(F)F)cc2)[nH]c2cc(Cl)ccc12. The second kappa shape index (κ2) is 7.13. The minimum Gasteiger partial charge on any atom is -0.481 e. The third kappa shape index (κ3) is 3.67. The lowest BCUT2D eigenvalue weighted by Crippen LogP contribution is -2.09. The average Bonchev–Trinajstić information content (AvgIpc) is 2.91. The van der Waals surface area contributed by atoms with E-state index < -0.39 is 18.4 Å². The Hall–Kier alpha value is -2.93. The maximum absolute atomic E-state index is 12.8. The Morgan fingerprint density at radius 3 is 2.46 bits per heavy atom. The van der Waals surface area contributed by atoms with Crippen LogP contribution < -0.4 is 4.74 Å². The van der Waals surface area contributed by atoms with Gasteiger partial charge in [0.2, 0.25) is 5.78 Å². The van der Waals surface area contributed by atoms with Gasteiger partial charge in [-0.2, -0.15) is 8.78 Å². The van der Waals surface area contributed by atoms with Crippen molar-refractivity contribution in [2.24, 2.45) is 0 Å². The van der Waals surface area contributed by atoms with E-state index in [9.17, 15) is 18.4 Å². The van der Waals surface area contributed by atoms with E-state index in [0.29, 0.717) is 21.5 Å². The number of aromatic nitrogens is 1. The van der Waals surface area contributed by atoms with Gasteiger partial charge in [0, 0.05) is 27.1 Å². The molecule has 0 atom stereocenters.